The largest absolute Gasteiger partial charge is 0.486 e. The maximum atomic E-state index is 13.0. The molecule has 1 aromatic heterocycles. The second-order valence-corrected chi connectivity index (χ2v) is 7.50. The molecule has 4 rings (SSSR count). The fraction of sp³-hybridized carbons (Fsp3) is 0.474. The van der Waals surface area contributed by atoms with Crippen LogP contribution in [0, 0.1) is 5.41 Å². The van der Waals surface area contributed by atoms with Crippen LogP contribution in [0.25, 0.3) is 11.3 Å². The van der Waals surface area contributed by atoms with E-state index in [-0.39, 0.29) is 17.4 Å². The SMILES string of the molecule is CC1(C)CN(C(=O)c2ncoc2-c2ccc3c(c2)OCCO3)CCC1N. The van der Waals surface area contributed by atoms with Crippen LogP contribution in [0.15, 0.2) is 29.0 Å². The first-order valence-electron chi connectivity index (χ1n) is 8.84. The van der Waals surface area contributed by atoms with E-state index >= 15 is 0 Å². The monoisotopic (exact) mass is 357 g/mol. The molecule has 7 nitrogen and oxygen atoms in total. The third kappa shape index (κ3) is 2.92. The van der Waals surface area contributed by atoms with Crippen LogP contribution in [0.2, 0.25) is 0 Å². The molecule has 1 fully saturated rings. The van der Waals surface area contributed by atoms with Gasteiger partial charge in [0.25, 0.3) is 5.91 Å². The number of nitrogens with zero attached hydrogens (tertiary/aromatic N) is 2. The van der Waals surface area contributed by atoms with E-state index < -0.39 is 0 Å². The van der Waals surface area contributed by atoms with Crippen molar-refractivity contribution in [1.82, 2.24) is 9.88 Å². The zero-order chi connectivity index (χ0) is 18.3. The molecule has 1 unspecified atom stereocenters. The molecule has 1 atom stereocenters. The van der Waals surface area contributed by atoms with Gasteiger partial charge in [-0.05, 0) is 30.0 Å². The van der Waals surface area contributed by atoms with Crippen molar-refractivity contribution in [1.29, 1.82) is 0 Å². The molecule has 0 saturated carbocycles. The summed E-state index contributed by atoms with van der Waals surface area (Å²) in [6.07, 6.45) is 2.08. The number of rotatable bonds is 2. The highest BCUT2D eigenvalue weighted by molar-refractivity contribution is 5.97. The highest BCUT2D eigenvalue weighted by Gasteiger charge is 2.37. The Morgan fingerprint density at radius 3 is 2.81 bits per heavy atom. The van der Waals surface area contributed by atoms with Gasteiger partial charge < -0.3 is 24.5 Å². The Kier molecular flexibility index (Phi) is 4.11. The summed E-state index contributed by atoms with van der Waals surface area (Å²) in [5, 5.41) is 0. The number of benzene rings is 1. The summed E-state index contributed by atoms with van der Waals surface area (Å²) >= 11 is 0. The van der Waals surface area contributed by atoms with Crippen molar-refractivity contribution in [2.75, 3.05) is 26.3 Å². The Bertz CT molecular complexity index is 830. The van der Waals surface area contributed by atoms with Gasteiger partial charge in [-0.15, -0.1) is 0 Å². The fourth-order valence-corrected chi connectivity index (χ4v) is 3.48. The normalized spacial score (nSPS) is 21.5. The Labute approximate surface area is 152 Å². The van der Waals surface area contributed by atoms with E-state index in [1.807, 2.05) is 23.1 Å². The molecule has 7 heteroatoms. The average Bonchev–Trinajstić information content (AvgIpc) is 3.12. The lowest BCUT2D eigenvalue weighted by Crippen LogP contribution is -2.54. The molecule has 3 heterocycles. The van der Waals surface area contributed by atoms with Gasteiger partial charge in [-0.3, -0.25) is 4.79 Å². The first kappa shape index (κ1) is 16.9. The van der Waals surface area contributed by atoms with E-state index in [1.54, 1.807) is 0 Å². The summed E-state index contributed by atoms with van der Waals surface area (Å²) in [7, 11) is 0. The van der Waals surface area contributed by atoms with Crippen molar-refractivity contribution >= 4 is 5.91 Å². The van der Waals surface area contributed by atoms with Gasteiger partial charge in [0.2, 0.25) is 0 Å². The van der Waals surface area contributed by atoms with Gasteiger partial charge in [0.1, 0.15) is 13.2 Å². The third-order valence-corrected chi connectivity index (χ3v) is 5.17. The van der Waals surface area contributed by atoms with Crippen molar-refractivity contribution in [2.45, 2.75) is 26.3 Å². The lowest BCUT2D eigenvalue weighted by atomic mass is 9.79. The number of aromatic nitrogens is 1. The summed E-state index contributed by atoms with van der Waals surface area (Å²) < 4.78 is 16.7. The number of carbonyl (C=O) groups excluding carboxylic acids is 1. The number of nitrogens with two attached hydrogens (primary N) is 1. The van der Waals surface area contributed by atoms with Crippen LogP contribution in [0.3, 0.4) is 0 Å². The summed E-state index contributed by atoms with van der Waals surface area (Å²) in [6, 6.07) is 5.58. The maximum Gasteiger partial charge on any atom is 0.276 e. The number of piperidine rings is 1. The lowest BCUT2D eigenvalue weighted by molar-refractivity contribution is 0.0528. The van der Waals surface area contributed by atoms with Crippen LogP contribution < -0.4 is 15.2 Å². The Hall–Kier alpha value is -2.54. The van der Waals surface area contributed by atoms with E-state index in [2.05, 4.69) is 18.8 Å². The molecule has 0 bridgehead atoms. The van der Waals surface area contributed by atoms with E-state index in [4.69, 9.17) is 19.6 Å². The molecule has 2 aliphatic heterocycles. The van der Waals surface area contributed by atoms with Gasteiger partial charge in [-0.1, -0.05) is 13.8 Å². The summed E-state index contributed by atoms with van der Waals surface area (Å²) in [5.74, 6) is 1.65. The first-order valence-corrected chi connectivity index (χ1v) is 8.84. The van der Waals surface area contributed by atoms with E-state index in [9.17, 15) is 4.79 Å². The molecule has 2 aromatic rings. The highest BCUT2D eigenvalue weighted by atomic mass is 16.6. The Morgan fingerprint density at radius 2 is 2.04 bits per heavy atom. The number of carbonyl (C=O) groups is 1. The van der Waals surface area contributed by atoms with Gasteiger partial charge in [0, 0.05) is 24.7 Å². The number of likely N-dealkylation sites (tertiary alicyclic amines) is 1. The van der Waals surface area contributed by atoms with Crippen molar-refractivity contribution in [3.63, 3.8) is 0 Å². The van der Waals surface area contributed by atoms with Gasteiger partial charge in [-0.25, -0.2) is 4.98 Å². The van der Waals surface area contributed by atoms with Crippen molar-refractivity contribution in [3.8, 4) is 22.8 Å². The van der Waals surface area contributed by atoms with E-state index in [0.717, 1.165) is 12.0 Å². The molecule has 2 N–H and O–H groups in total. The molecule has 1 saturated heterocycles. The van der Waals surface area contributed by atoms with Gasteiger partial charge in [0.05, 0.1) is 0 Å². The van der Waals surface area contributed by atoms with Gasteiger partial charge >= 0.3 is 0 Å². The number of oxazole rings is 1. The standard InChI is InChI=1S/C19H23N3O4/c1-19(2)10-22(6-5-15(19)20)18(23)16-17(26-11-21-16)12-3-4-13-14(9-12)25-8-7-24-13/h3-4,9,11,15H,5-8,10,20H2,1-2H3. The zero-order valence-electron chi connectivity index (χ0n) is 15.0. The summed E-state index contributed by atoms with van der Waals surface area (Å²) in [6.45, 7) is 6.42. The number of amides is 1. The first-order chi connectivity index (χ1) is 12.5. The fourth-order valence-electron chi connectivity index (χ4n) is 3.48. The average molecular weight is 357 g/mol. The maximum absolute atomic E-state index is 13.0. The lowest BCUT2D eigenvalue weighted by Gasteiger charge is -2.42. The number of fused-ring (bicyclic) bond motifs is 1. The van der Waals surface area contributed by atoms with Crippen molar-refractivity contribution < 1.29 is 18.7 Å². The topological polar surface area (TPSA) is 90.8 Å². The molecule has 138 valence electrons. The smallest absolute Gasteiger partial charge is 0.276 e. The molecule has 1 aromatic carbocycles. The van der Waals surface area contributed by atoms with Crippen LogP contribution in [-0.4, -0.2) is 48.1 Å². The Morgan fingerprint density at radius 1 is 1.27 bits per heavy atom. The molecular formula is C19H23N3O4. The van der Waals surface area contributed by atoms with Gasteiger partial charge in [0.15, 0.2) is 29.3 Å². The minimum Gasteiger partial charge on any atom is -0.486 e. The van der Waals surface area contributed by atoms with E-state index in [0.29, 0.717) is 49.3 Å². The number of ether oxygens (including phenoxy) is 2. The van der Waals surface area contributed by atoms with Crippen LogP contribution >= 0.6 is 0 Å². The predicted molar refractivity (Wildman–Crippen MR) is 95.2 cm³/mol. The van der Waals surface area contributed by atoms with Gasteiger partial charge in [-0.2, -0.15) is 0 Å². The van der Waals surface area contributed by atoms with E-state index in [1.165, 1.54) is 6.39 Å². The van der Waals surface area contributed by atoms with Crippen LogP contribution in [0.4, 0.5) is 0 Å². The summed E-state index contributed by atoms with van der Waals surface area (Å²) in [4.78, 5) is 19.0. The highest BCUT2D eigenvalue weighted by Crippen LogP contribution is 2.36. The second-order valence-electron chi connectivity index (χ2n) is 7.50. The molecule has 2 aliphatic rings. The quantitative estimate of drug-likeness (QED) is 0.887. The molecule has 26 heavy (non-hydrogen) atoms. The zero-order valence-corrected chi connectivity index (χ0v) is 15.0. The minimum absolute atomic E-state index is 0.0844. The number of hydrogen-bond donors (Lipinski definition) is 1. The minimum atomic E-state index is -0.136. The summed E-state index contributed by atoms with van der Waals surface area (Å²) in [5.41, 5.74) is 7.10. The van der Waals surface area contributed by atoms with Crippen LogP contribution in [0.1, 0.15) is 30.8 Å². The molecule has 1 amide bonds. The predicted octanol–water partition coefficient (Wildman–Crippen LogP) is 2.31. The molecular weight excluding hydrogens is 334 g/mol. The van der Waals surface area contributed by atoms with Crippen molar-refractivity contribution in [3.05, 3.63) is 30.3 Å². The van der Waals surface area contributed by atoms with Crippen LogP contribution in [0.5, 0.6) is 11.5 Å². The third-order valence-electron chi connectivity index (χ3n) is 5.17. The molecule has 0 aliphatic carbocycles. The molecule has 0 radical (unpaired) electrons. The van der Waals surface area contributed by atoms with Crippen molar-refractivity contribution in [2.24, 2.45) is 11.1 Å². The molecule has 0 spiro atoms. The Balaban J connectivity index is 1.62. The van der Waals surface area contributed by atoms with Crippen LogP contribution in [-0.2, 0) is 0 Å². The number of hydrogen-bond acceptors (Lipinski definition) is 6. The second kappa shape index (κ2) is 6.32.